The minimum atomic E-state index is -0.124. The Morgan fingerprint density at radius 1 is 1.41 bits per heavy atom. The predicted molar refractivity (Wildman–Crippen MR) is 67.6 cm³/mol. The quantitative estimate of drug-likeness (QED) is 0.843. The number of benzene rings is 1. The van der Waals surface area contributed by atoms with Gasteiger partial charge < -0.3 is 10.5 Å². The van der Waals surface area contributed by atoms with E-state index in [1.54, 1.807) is 29.6 Å². The molecule has 0 aliphatic carbocycles. The van der Waals surface area contributed by atoms with Crippen molar-refractivity contribution in [1.29, 1.82) is 0 Å². The van der Waals surface area contributed by atoms with E-state index in [0.717, 1.165) is 5.75 Å². The van der Waals surface area contributed by atoms with Crippen LogP contribution in [0.2, 0.25) is 0 Å². The smallest absolute Gasteiger partial charge is 0.212 e. The Balaban J connectivity index is 2.20. The lowest BCUT2D eigenvalue weighted by atomic mass is 10.1. The number of nitrogens with zero attached hydrogens (tertiary/aromatic N) is 1. The van der Waals surface area contributed by atoms with Gasteiger partial charge in [0.2, 0.25) is 5.78 Å². The molecule has 0 amide bonds. The van der Waals surface area contributed by atoms with Crippen LogP contribution in [-0.4, -0.2) is 17.4 Å². The monoisotopic (exact) mass is 248 g/mol. The average molecular weight is 248 g/mol. The summed E-state index contributed by atoms with van der Waals surface area (Å²) in [6.07, 6.45) is 0. The molecule has 0 fully saturated rings. The summed E-state index contributed by atoms with van der Waals surface area (Å²) in [7, 11) is 0. The van der Waals surface area contributed by atoms with Gasteiger partial charge in [0.1, 0.15) is 11.4 Å². The zero-order chi connectivity index (χ0) is 12.3. The zero-order valence-electron chi connectivity index (χ0n) is 9.34. The molecule has 4 nitrogen and oxygen atoms in total. The molecule has 2 N–H and O–H groups in total. The van der Waals surface area contributed by atoms with E-state index >= 15 is 0 Å². The first-order valence-electron chi connectivity index (χ1n) is 5.19. The van der Waals surface area contributed by atoms with E-state index < -0.39 is 0 Å². The molecule has 17 heavy (non-hydrogen) atoms. The van der Waals surface area contributed by atoms with Gasteiger partial charge in [-0.3, -0.25) is 4.79 Å². The molecule has 2 rings (SSSR count). The molecular formula is C12H12N2O2S. The van der Waals surface area contributed by atoms with Gasteiger partial charge in [-0.25, -0.2) is 4.98 Å². The lowest BCUT2D eigenvalue weighted by Crippen LogP contribution is -2.02. The van der Waals surface area contributed by atoms with Gasteiger partial charge >= 0.3 is 0 Å². The van der Waals surface area contributed by atoms with Crippen molar-refractivity contribution in [2.24, 2.45) is 0 Å². The van der Waals surface area contributed by atoms with Gasteiger partial charge in [-0.15, -0.1) is 11.3 Å². The molecule has 88 valence electrons. The van der Waals surface area contributed by atoms with Crippen molar-refractivity contribution < 1.29 is 9.53 Å². The standard InChI is InChI=1S/C12H12N2O2S/c1-2-16-9-5-3-8(4-6-9)11(15)10-7-17-12(13)14-10/h3-7H,2H2,1H3,(H2,13,14). The normalized spacial score (nSPS) is 10.2. The Morgan fingerprint density at radius 3 is 2.65 bits per heavy atom. The van der Waals surface area contributed by atoms with Gasteiger partial charge in [0.15, 0.2) is 5.13 Å². The number of hydrogen-bond donors (Lipinski definition) is 1. The fraction of sp³-hybridized carbons (Fsp3) is 0.167. The molecule has 5 heteroatoms. The molecule has 0 bridgehead atoms. The Morgan fingerprint density at radius 2 is 2.12 bits per heavy atom. The predicted octanol–water partition coefficient (Wildman–Crippen LogP) is 2.36. The van der Waals surface area contributed by atoms with Crippen molar-refractivity contribution in [1.82, 2.24) is 4.98 Å². The van der Waals surface area contributed by atoms with E-state index in [2.05, 4.69) is 4.98 Å². The van der Waals surface area contributed by atoms with E-state index in [0.29, 0.717) is 23.0 Å². The largest absolute Gasteiger partial charge is 0.494 e. The van der Waals surface area contributed by atoms with Crippen LogP contribution in [0.1, 0.15) is 23.0 Å². The van der Waals surface area contributed by atoms with E-state index in [4.69, 9.17) is 10.5 Å². The summed E-state index contributed by atoms with van der Waals surface area (Å²) in [4.78, 5) is 15.9. The molecule has 1 aromatic heterocycles. The number of anilines is 1. The van der Waals surface area contributed by atoms with Crippen molar-refractivity contribution >= 4 is 22.3 Å². The lowest BCUT2D eigenvalue weighted by Gasteiger charge is -2.03. The van der Waals surface area contributed by atoms with Gasteiger partial charge in [-0.2, -0.15) is 0 Å². The molecular weight excluding hydrogens is 236 g/mol. The van der Waals surface area contributed by atoms with Crippen molar-refractivity contribution in [3.05, 3.63) is 40.9 Å². The Hall–Kier alpha value is -1.88. The van der Waals surface area contributed by atoms with E-state index in [9.17, 15) is 4.79 Å². The van der Waals surface area contributed by atoms with Crippen LogP contribution in [-0.2, 0) is 0 Å². The maximum atomic E-state index is 12.0. The minimum Gasteiger partial charge on any atom is -0.494 e. The van der Waals surface area contributed by atoms with Crippen molar-refractivity contribution in [2.75, 3.05) is 12.3 Å². The third-order valence-electron chi connectivity index (χ3n) is 2.18. The Kier molecular flexibility index (Phi) is 3.39. The third-order valence-corrected chi connectivity index (χ3v) is 2.86. The van der Waals surface area contributed by atoms with Crippen LogP contribution in [0.25, 0.3) is 0 Å². The van der Waals surface area contributed by atoms with Crippen LogP contribution in [0.4, 0.5) is 5.13 Å². The Labute approximate surface area is 103 Å². The van der Waals surface area contributed by atoms with Gasteiger partial charge in [0.25, 0.3) is 0 Å². The molecule has 0 unspecified atom stereocenters. The van der Waals surface area contributed by atoms with Gasteiger partial charge in [0, 0.05) is 10.9 Å². The van der Waals surface area contributed by atoms with Crippen LogP contribution in [0.5, 0.6) is 5.75 Å². The third kappa shape index (κ3) is 2.62. The first-order valence-corrected chi connectivity index (χ1v) is 6.07. The number of hydrogen-bond acceptors (Lipinski definition) is 5. The van der Waals surface area contributed by atoms with Gasteiger partial charge in [0.05, 0.1) is 6.61 Å². The summed E-state index contributed by atoms with van der Waals surface area (Å²) < 4.78 is 5.31. The number of rotatable bonds is 4. The number of carbonyl (C=O) groups is 1. The second-order valence-electron chi connectivity index (χ2n) is 3.36. The van der Waals surface area contributed by atoms with Crippen molar-refractivity contribution in [3.63, 3.8) is 0 Å². The number of carbonyl (C=O) groups excluding carboxylic acids is 1. The van der Waals surface area contributed by atoms with Gasteiger partial charge in [-0.05, 0) is 31.2 Å². The number of nitrogens with two attached hydrogens (primary N) is 1. The molecule has 0 spiro atoms. The first kappa shape index (κ1) is 11.6. The molecule has 2 aromatic rings. The minimum absolute atomic E-state index is 0.124. The summed E-state index contributed by atoms with van der Waals surface area (Å²) >= 11 is 1.26. The molecule has 0 aliphatic heterocycles. The summed E-state index contributed by atoms with van der Waals surface area (Å²) in [5.41, 5.74) is 6.46. The summed E-state index contributed by atoms with van der Waals surface area (Å²) in [5.74, 6) is 0.628. The molecule has 0 saturated heterocycles. The van der Waals surface area contributed by atoms with Crippen LogP contribution in [0.3, 0.4) is 0 Å². The van der Waals surface area contributed by atoms with Crippen LogP contribution < -0.4 is 10.5 Å². The Bertz CT molecular complexity index is 520. The summed E-state index contributed by atoms with van der Waals surface area (Å²) in [6, 6.07) is 6.99. The molecule has 1 heterocycles. The fourth-order valence-electron chi connectivity index (χ4n) is 1.41. The van der Waals surface area contributed by atoms with Crippen LogP contribution in [0, 0.1) is 0 Å². The number of aromatic nitrogens is 1. The molecule has 0 atom stereocenters. The number of nitrogen functional groups attached to an aromatic ring is 1. The van der Waals surface area contributed by atoms with Crippen LogP contribution in [0.15, 0.2) is 29.6 Å². The highest BCUT2D eigenvalue weighted by Gasteiger charge is 2.12. The highest BCUT2D eigenvalue weighted by molar-refractivity contribution is 7.13. The molecule has 0 radical (unpaired) electrons. The molecule has 1 aromatic carbocycles. The lowest BCUT2D eigenvalue weighted by molar-refractivity contribution is 0.103. The number of thiazole rings is 1. The zero-order valence-corrected chi connectivity index (χ0v) is 10.2. The summed E-state index contributed by atoms with van der Waals surface area (Å²) in [5, 5.41) is 2.06. The van der Waals surface area contributed by atoms with E-state index in [-0.39, 0.29) is 5.78 Å². The number of ketones is 1. The number of ether oxygens (including phenoxy) is 1. The molecule has 0 aliphatic rings. The fourth-order valence-corrected chi connectivity index (χ4v) is 1.95. The second kappa shape index (κ2) is 4.97. The van der Waals surface area contributed by atoms with E-state index in [1.807, 2.05) is 6.92 Å². The highest BCUT2D eigenvalue weighted by atomic mass is 32.1. The van der Waals surface area contributed by atoms with Crippen LogP contribution >= 0.6 is 11.3 Å². The summed E-state index contributed by atoms with van der Waals surface area (Å²) in [6.45, 7) is 2.52. The first-order chi connectivity index (χ1) is 8.20. The van der Waals surface area contributed by atoms with Crippen molar-refractivity contribution in [3.8, 4) is 5.75 Å². The van der Waals surface area contributed by atoms with E-state index in [1.165, 1.54) is 11.3 Å². The van der Waals surface area contributed by atoms with Gasteiger partial charge in [-0.1, -0.05) is 0 Å². The topological polar surface area (TPSA) is 65.2 Å². The average Bonchev–Trinajstić information content (AvgIpc) is 2.76. The second-order valence-corrected chi connectivity index (χ2v) is 4.25. The maximum Gasteiger partial charge on any atom is 0.212 e. The molecule has 0 saturated carbocycles. The highest BCUT2D eigenvalue weighted by Crippen LogP contribution is 2.17. The maximum absolute atomic E-state index is 12.0. The SMILES string of the molecule is CCOc1ccc(C(=O)c2csc(N)n2)cc1. The van der Waals surface area contributed by atoms with Crippen molar-refractivity contribution in [2.45, 2.75) is 6.92 Å².